The molecule has 1 aromatic rings. The van der Waals surface area contributed by atoms with E-state index in [9.17, 15) is 0 Å². The second-order valence-corrected chi connectivity index (χ2v) is 4.36. The van der Waals surface area contributed by atoms with E-state index in [4.69, 9.17) is 10.00 Å². The Kier molecular flexibility index (Phi) is 3.82. The molecule has 16 heavy (non-hydrogen) atoms. The minimum atomic E-state index is 0.399. The summed E-state index contributed by atoms with van der Waals surface area (Å²) in [6.07, 6.45) is 7.16. The molecule has 1 saturated carbocycles. The van der Waals surface area contributed by atoms with Crippen LogP contribution >= 0.6 is 0 Å². The van der Waals surface area contributed by atoms with Crippen molar-refractivity contribution in [1.29, 1.82) is 5.26 Å². The molecule has 0 spiro atoms. The first-order valence-corrected chi connectivity index (χ1v) is 6.01. The van der Waals surface area contributed by atoms with Crippen LogP contribution in [-0.2, 0) is 6.42 Å². The van der Waals surface area contributed by atoms with Crippen molar-refractivity contribution < 1.29 is 4.74 Å². The van der Waals surface area contributed by atoms with Crippen LogP contribution in [0.3, 0.4) is 0 Å². The lowest BCUT2D eigenvalue weighted by atomic mass is 9.98. The molecule has 0 atom stereocenters. The molecule has 0 aliphatic heterocycles. The van der Waals surface area contributed by atoms with Gasteiger partial charge in [-0.25, -0.2) is 0 Å². The molecule has 0 N–H and O–H groups in total. The molecule has 2 nitrogen and oxygen atoms in total. The number of nitrogens with zero attached hydrogens (tertiary/aromatic N) is 1. The van der Waals surface area contributed by atoms with Gasteiger partial charge in [-0.1, -0.05) is 18.6 Å². The van der Waals surface area contributed by atoms with Crippen LogP contribution in [0, 0.1) is 11.3 Å². The smallest absolute Gasteiger partial charge is 0.119 e. The monoisotopic (exact) mass is 215 g/mol. The molecular weight excluding hydrogens is 198 g/mol. The fourth-order valence-electron chi connectivity index (χ4n) is 2.15. The van der Waals surface area contributed by atoms with Crippen molar-refractivity contribution in [1.82, 2.24) is 0 Å². The average Bonchev–Trinajstić information content (AvgIpc) is 2.33. The van der Waals surface area contributed by atoms with E-state index in [1.54, 1.807) is 0 Å². The van der Waals surface area contributed by atoms with Crippen molar-refractivity contribution in [2.45, 2.75) is 44.6 Å². The van der Waals surface area contributed by atoms with Crippen LogP contribution in [-0.4, -0.2) is 6.10 Å². The van der Waals surface area contributed by atoms with Gasteiger partial charge < -0.3 is 4.74 Å². The van der Waals surface area contributed by atoms with E-state index in [0.717, 1.165) is 11.3 Å². The zero-order chi connectivity index (χ0) is 11.2. The van der Waals surface area contributed by atoms with Crippen LogP contribution in [0.1, 0.15) is 37.7 Å². The summed E-state index contributed by atoms with van der Waals surface area (Å²) in [6, 6.07) is 10.0. The summed E-state index contributed by atoms with van der Waals surface area (Å²) in [6.45, 7) is 0. The predicted octanol–water partition coefficient (Wildman–Crippen LogP) is 3.46. The topological polar surface area (TPSA) is 33.0 Å². The van der Waals surface area contributed by atoms with Gasteiger partial charge in [0, 0.05) is 0 Å². The third kappa shape index (κ3) is 3.00. The Morgan fingerprint density at radius 3 is 2.44 bits per heavy atom. The standard InChI is InChI=1S/C14H17NO/c15-11-10-12-6-8-14(9-7-12)16-13-4-2-1-3-5-13/h6-9,13H,1-5,10H2. The summed E-state index contributed by atoms with van der Waals surface area (Å²) in [5.41, 5.74) is 1.05. The number of hydrogen-bond donors (Lipinski definition) is 0. The summed E-state index contributed by atoms with van der Waals surface area (Å²) in [5.74, 6) is 0.939. The van der Waals surface area contributed by atoms with Crippen molar-refractivity contribution >= 4 is 0 Å². The van der Waals surface area contributed by atoms with Crippen LogP contribution in [0.15, 0.2) is 24.3 Å². The van der Waals surface area contributed by atoms with Gasteiger partial charge in [0.1, 0.15) is 5.75 Å². The molecule has 0 radical (unpaired) electrons. The fraction of sp³-hybridized carbons (Fsp3) is 0.500. The molecule has 0 amide bonds. The SMILES string of the molecule is N#CCc1ccc(OC2CCCCC2)cc1. The molecular formula is C14H17NO. The maximum absolute atomic E-state index is 8.57. The number of nitriles is 1. The minimum Gasteiger partial charge on any atom is -0.490 e. The number of hydrogen-bond acceptors (Lipinski definition) is 2. The van der Waals surface area contributed by atoms with E-state index >= 15 is 0 Å². The highest BCUT2D eigenvalue weighted by Crippen LogP contribution is 2.23. The number of ether oxygens (including phenoxy) is 1. The summed E-state index contributed by atoms with van der Waals surface area (Å²) in [4.78, 5) is 0. The molecule has 1 aromatic carbocycles. The van der Waals surface area contributed by atoms with Crippen LogP contribution < -0.4 is 4.74 Å². The lowest BCUT2D eigenvalue weighted by molar-refractivity contribution is 0.155. The zero-order valence-corrected chi connectivity index (χ0v) is 9.48. The first kappa shape index (κ1) is 11.0. The van der Waals surface area contributed by atoms with Crippen LogP contribution in [0.2, 0.25) is 0 Å². The Balaban J connectivity index is 1.91. The van der Waals surface area contributed by atoms with Gasteiger partial charge in [-0.3, -0.25) is 0 Å². The largest absolute Gasteiger partial charge is 0.490 e. The van der Waals surface area contributed by atoms with E-state index < -0.39 is 0 Å². The van der Waals surface area contributed by atoms with Crippen molar-refractivity contribution in [3.05, 3.63) is 29.8 Å². The maximum atomic E-state index is 8.57. The summed E-state index contributed by atoms with van der Waals surface area (Å²) in [5, 5.41) is 8.57. The third-order valence-corrected chi connectivity index (χ3v) is 3.06. The van der Waals surface area contributed by atoms with Crippen LogP contribution in [0.25, 0.3) is 0 Å². The molecule has 2 rings (SSSR count). The molecule has 1 aliphatic carbocycles. The second kappa shape index (κ2) is 5.55. The molecule has 0 heterocycles. The van der Waals surface area contributed by atoms with Gasteiger partial charge in [-0.15, -0.1) is 0 Å². The summed E-state index contributed by atoms with van der Waals surface area (Å²) < 4.78 is 5.91. The van der Waals surface area contributed by atoms with Gasteiger partial charge in [-0.05, 0) is 43.4 Å². The highest BCUT2D eigenvalue weighted by Gasteiger charge is 2.14. The molecule has 1 aliphatic rings. The molecule has 0 unspecified atom stereocenters. The average molecular weight is 215 g/mol. The zero-order valence-electron chi connectivity index (χ0n) is 9.48. The molecule has 0 aromatic heterocycles. The fourth-order valence-corrected chi connectivity index (χ4v) is 2.15. The Hall–Kier alpha value is -1.49. The van der Waals surface area contributed by atoms with Crippen molar-refractivity contribution in [2.75, 3.05) is 0 Å². The normalized spacial score (nSPS) is 16.7. The van der Waals surface area contributed by atoms with Crippen molar-refractivity contribution in [3.63, 3.8) is 0 Å². The minimum absolute atomic E-state index is 0.399. The lowest BCUT2D eigenvalue weighted by Gasteiger charge is -2.22. The molecule has 0 saturated heterocycles. The predicted molar refractivity (Wildman–Crippen MR) is 63.3 cm³/mol. The Labute approximate surface area is 96.9 Å². The quantitative estimate of drug-likeness (QED) is 0.773. The van der Waals surface area contributed by atoms with Gasteiger partial charge in [0.05, 0.1) is 18.6 Å². The third-order valence-electron chi connectivity index (χ3n) is 3.06. The Morgan fingerprint density at radius 2 is 1.81 bits per heavy atom. The summed E-state index contributed by atoms with van der Waals surface area (Å²) in [7, 11) is 0. The van der Waals surface area contributed by atoms with Gasteiger partial charge in [0.15, 0.2) is 0 Å². The first-order chi connectivity index (χ1) is 7.88. The van der Waals surface area contributed by atoms with E-state index in [0.29, 0.717) is 12.5 Å². The van der Waals surface area contributed by atoms with E-state index in [2.05, 4.69) is 6.07 Å². The molecule has 1 fully saturated rings. The van der Waals surface area contributed by atoms with Gasteiger partial charge in [0.2, 0.25) is 0 Å². The first-order valence-electron chi connectivity index (χ1n) is 6.01. The Morgan fingerprint density at radius 1 is 1.12 bits per heavy atom. The highest BCUT2D eigenvalue weighted by atomic mass is 16.5. The van der Waals surface area contributed by atoms with Crippen molar-refractivity contribution in [2.24, 2.45) is 0 Å². The number of rotatable bonds is 3. The van der Waals surface area contributed by atoms with Gasteiger partial charge in [-0.2, -0.15) is 5.26 Å². The molecule has 84 valence electrons. The summed E-state index contributed by atoms with van der Waals surface area (Å²) >= 11 is 0. The van der Waals surface area contributed by atoms with Crippen molar-refractivity contribution in [3.8, 4) is 11.8 Å². The molecule has 2 heteroatoms. The maximum Gasteiger partial charge on any atom is 0.119 e. The van der Waals surface area contributed by atoms with Gasteiger partial charge in [0.25, 0.3) is 0 Å². The van der Waals surface area contributed by atoms with E-state index in [-0.39, 0.29) is 0 Å². The Bertz CT molecular complexity index is 357. The van der Waals surface area contributed by atoms with E-state index in [1.807, 2.05) is 24.3 Å². The lowest BCUT2D eigenvalue weighted by Crippen LogP contribution is -2.19. The van der Waals surface area contributed by atoms with Crippen LogP contribution in [0.4, 0.5) is 0 Å². The van der Waals surface area contributed by atoms with Gasteiger partial charge >= 0.3 is 0 Å². The van der Waals surface area contributed by atoms with E-state index in [1.165, 1.54) is 32.1 Å². The van der Waals surface area contributed by atoms with Crippen LogP contribution in [0.5, 0.6) is 5.75 Å². The number of benzene rings is 1. The highest BCUT2D eigenvalue weighted by molar-refractivity contribution is 5.28. The molecule has 0 bridgehead atoms. The second-order valence-electron chi connectivity index (χ2n) is 4.36.